The highest BCUT2D eigenvalue weighted by Gasteiger charge is 2.28. The Bertz CT molecular complexity index is 1400. The number of anilines is 5. The van der Waals surface area contributed by atoms with E-state index < -0.39 is 5.60 Å². The van der Waals surface area contributed by atoms with Crippen molar-refractivity contribution >= 4 is 52.4 Å². The molecule has 40 heavy (non-hydrogen) atoms. The molecule has 1 saturated heterocycles. The molecule has 0 unspecified atom stereocenters. The lowest BCUT2D eigenvalue weighted by Crippen LogP contribution is -2.42. The van der Waals surface area contributed by atoms with Crippen molar-refractivity contribution < 1.29 is 14.3 Å². The molecule has 5 rings (SSSR count). The molecular weight excluding hydrogens is 530 g/mol. The summed E-state index contributed by atoms with van der Waals surface area (Å²) in [6.45, 7) is 6.77. The molecular formula is C29H34ClN7O3. The molecule has 11 heteroatoms. The Hall–Kier alpha value is -3.92. The standard InChI is InChI=1S/C29H34ClN7O3/c1-29(2,3)40-28(39)37-10-8-18(9-11-37)13-25(38)35-24-7-6-21-14-20(24)5-4-19-12-22(16-31-15-19)34-27-32-17-23(30)26(33-21)36-27/h6-7,12,14-18H,4-5,8-11,13H2,1-3H3,(H,35,38)(H2,32,33,34,36). The minimum Gasteiger partial charge on any atom is -0.444 e. The topological polar surface area (TPSA) is 121 Å². The average Bonchev–Trinajstić information content (AvgIpc) is 2.90. The van der Waals surface area contributed by atoms with Gasteiger partial charge in [0.1, 0.15) is 10.6 Å². The zero-order chi connectivity index (χ0) is 28.3. The van der Waals surface area contributed by atoms with Crippen molar-refractivity contribution in [3.63, 3.8) is 0 Å². The van der Waals surface area contributed by atoms with E-state index in [1.807, 2.05) is 51.2 Å². The molecule has 210 valence electrons. The molecule has 0 spiro atoms. The molecule has 2 amide bonds. The first-order valence-corrected chi connectivity index (χ1v) is 13.9. The van der Waals surface area contributed by atoms with Crippen LogP contribution in [0, 0.1) is 5.92 Å². The van der Waals surface area contributed by atoms with Gasteiger partial charge >= 0.3 is 6.09 Å². The Morgan fingerprint density at radius 3 is 2.65 bits per heavy atom. The van der Waals surface area contributed by atoms with E-state index >= 15 is 0 Å². The fourth-order valence-corrected chi connectivity index (χ4v) is 5.00. The summed E-state index contributed by atoms with van der Waals surface area (Å²) < 4.78 is 5.48. The first-order valence-electron chi connectivity index (χ1n) is 13.5. The predicted octanol–water partition coefficient (Wildman–Crippen LogP) is 6.09. The highest BCUT2D eigenvalue weighted by molar-refractivity contribution is 6.32. The third-order valence-electron chi connectivity index (χ3n) is 6.86. The van der Waals surface area contributed by atoms with Crippen molar-refractivity contribution in [3.05, 3.63) is 59.0 Å². The first-order chi connectivity index (χ1) is 19.1. The molecule has 2 aliphatic heterocycles. The van der Waals surface area contributed by atoms with Gasteiger partial charge in [-0.2, -0.15) is 4.98 Å². The third-order valence-corrected chi connectivity index (χ3v) is 7.14. The SMILES string of the molecule is CC(C)(C)OC(=O)N1CCC(CC(=O)Nc2ccc3cc2CCc2cncc(c2)Nc2ncc(Cl)c(n2)N3)CC1. The Labute approximate surface area is 238 Å². The molecule has 2 aromatic heterocycles. The maximum absolute atomic E-state index is 13.1. The number of fused-ring (bicyclic) bond motifs is 6. The van der Waals surface area contributed by atoms with Crippen LogP contribution in [-0.4, -0.2) is 50.5 Å². The van der Waals surface area contributed by atoms with Crippen molar-refractivity contribution in [2.75, 3.05) is 29.0 Å². The van der Waals surface area contributed by atoms with Gasteiger partial charge in [-0.3, -0.25) is 9.78 Å². The summed E-state index contributed by atoms with van der Waals surface area (Å²) in [5.74, 6) is 1.06. The van der Waals surface area contributed by atoms with Gasteiger partial charge in [0.15, 0.2) is 5.82 Å². The number of likely N-dealkylation sites (tertiary alicyclic amines) is 1. The number of aryl methyl sites for hydroxylation is 2. The normalized spacial score (nSPS) is 15.4. The number of ether oxygens (including phenoxy) is 1. The van der Waals surface area contributed by atoms with E-state index in [1.54, 1.807) is 17.3 Å². The van der Waals surface area contributed by atoms with Gasteiger partial charge in [0.25, 0.3) is 0 Å². The van der Waals surface area contributed by atoms with E-state index in [4.69, 9.17) is 16.3 Å². The lowest BCUT2D eigenvalue weighted by molar-refractivity contribution is -0.117. The number of benzene rings is 1. The Balaban J connectivity index is 1.28. The fourth-order valence-electron chi connectivity index (χ4n) is 4.86. The van der Waals surface area contributed by atoms with Crippen molar-refractivity contribution in [1.82, 2.24) is 19.9 Å². The number of piperidine rings is 1. The Morgan fingerprint density at radius 1 is 1.07 bits per heavy atom. The van der Waals surface area contributed by atoms with E-state index in [2.05, 4.69) is 30.9 Å². The predicted molar refractivity (Wildman–Crippen MR) is 155 cm³/mol. The van der Waals surface area contributed by atoms with Gasteiger partial charge in [-0.05, 0) is 87.8 Å². The van der Waals surface area contributed by atoms with Gasteiger partial charge in [-0.1, -0.05) is 11.6 Å². The van der Waals surface area contributed by atoms with Crippen LogP contribution in [0.4, 0.5) is 33.6 Å². The van der Waals surface area contributed by atoms with Crippen LogP contribution in [0.1, 0.15) is 51.2 Å². The minimum absolute atomic E-state index is 0.0352. The summed E-state index contributed by atoms with van der Waals surface area (Å²) in [7, 11) is 0. The van der Waals surface area contributed by atoms with Gasteiger partial charge in [0.05, 0.1) is 18.1 Å². The van der Waals surface area contributed by atoms with E-state index in [-0.39, 0.29) is 17.9 Å². The van der Waals surface area contributed by atoms with Crippen LogP contribution < -0.4 is 16.0 Å². The number of halogens is 1. The monoisotopic (exact) mass is 563 g/mol. The van der Waals surface area contributed by atoms with E-state index in [1.165, 1.54) is 0 Å². The average molecular weight is 564 g/mol. The summed E-state index contributed by atoms with van der Waals surface area (Å²) in [6.07, 6.45) is 8.17. The second kappa shape index (κ2) is 11.7. The zero-order valence-electron chi connectivity index (χ0n) is 23.0. The molecule has 0 atom stereocenters. The molecule has 0 radical (unpaired) electrons. The molecule has 4 heterocycles. The molecule has 3 N–H and O–H groups in total. The summed E-state index contributed by atoms with van der Waals surface area (Å²) in [5, 5.41) is 9.98. The molecule has 0 saturated carbocycles. The van der Waals surface area contributed by atoms with Crippen molar-refractivity contribution in [2.45, 2.75) is 58.5 Å². The van der Waals surface area contributed by atoms with Crippen LogP contribution in [0.15, 0.2) is 42.9 Å². The van der Waals surface area contributed by atoms with Gasteiger partial charge in [-0.25, -0.2) is 9.78 Å². The summed E-state index contributed by atoms with van der Waals surface area (Å²) in [6, 6.07) is 7.83. The number of nitrogens with zero attached hydrogens (tertiary/aromatic N) is 4. The van der Waals surface area contributed by atoms with Crippen molar-refractivity contribution in [3.8, 4) is 0 Å². The first kappa shape index (κ1) is 27.6. The Morgan fingerprint density at radius 2 is 1.88 bits per heavy atom. The van der Waals surface area contributed by atoms with Crippen molar-refractivity contribution in [1.29, 1.82) is 0 Å². The van der Waals surface area contributed by atoms with Crippen molar-refractivity contribution in [2.24, 2.45) is 5.92 Å². The Kier molecular flexibility index (Phi) is 8.07. The molecule has 3 aromatic rings. The number of hydrogen-bond donors (Lipinski definition) is 3. The van der Waals surface area contributed by atoms with Crippen LogP contribution in [0.2, 0.25) is 5.02 Å². The van der Waals surface area contributed by atoms with Crippen LogP contribution in [0.5, 0.6) is 0 Å². The molecule has 6 bridgehead atoms. The summed E-state index contributed by atoms with van der Waals surface area (Å²) in [4.78, 5) is 40.3. The number of carbonyl (C=O) groups excluding carboxylic acids is 2. The number of aromatic nitrogens is 3. The maximum Gasteiger partial charge on any atom is 0.410 e. The third kappa shape index (κ3) is 7.18. The van der Waals surface area contributed by atoms with Crippen LogP contribution in [0.3, 0.4) is 0 Å². The van der Waals surface area contributed by atoms with Crippen LogP contribution in [-0.2, 0) is 22.4 Å². The number of rotatable bonds is 3. The van der Waals surface area contributed by atoms with Gasteiger partial charge in [-0.15, -0.1) is 0 Å². The highest BCUT2D eigenvalue weighted by atomic mass is 35.5. The fraction of sp³-hybridized carbons (Fsp3) is 0.414. The number of pyridine rings is 1. The van der Waals surface area contributed by atoms with Crippen LogP contribution in [0.25, 0.3) is 0 Å². The smallest absolute Gasteiger partial charge is 0.410 e. The number of amides is 2. The molecule has 2 aliphatic rings. The summed E-state index contributed by atoms with van der Waals surface area (Å²) >= 11 is 6.37. The van der Waals surface area contributed by atoms with E-state index in [0.29, 0.717) is 42.7 Å². The molecule has 10 nitrogen and oxygen atoms in total. The number of carbonyl (C=O) groups is 2. The molecule has 1 aromatic carbocycles. The quantitative estimate of drug-likeness (QED) is 0.350. The lowest BCUT2D eigenvalue weighted by atomic mass is 9.93. The number of nitrogens with one attached hydrogen (secondary N) is 3. The molecule has 1 fully saturated rings. The van der Waals surface area contributed by atoms with Crippen LogP contribution >= 0.6 is 11.6 Å². The largest absolute Gasteiger partial charge is 0.444 e. The number of hydrogen-bond acceptors (Lipinski definition) is 8. The maximum atomic E-state index is 13.1. The van der Waals surface area contributed by atoms with Gasteiger partial charge < -0.3 is 25.6 Å². The minimum atomic E-state index is -0.521. The van der Waals surface area contributed by atoms with E-state index in [9.17, 15) is 9.59 Å². The lowest BCUT2D eigenvalue weighted by Gasteiger charge is -2.33. The second-order valence-electron chi connectivity index (χ2n) is 11.3. The second-order valence-corrected chi connectivity index (χ2v) is 11.7. The van der Waals surface area contributed by atoms with Gasteiger partial charge in [0, 0.05) is 37.1 Å². The van der Waals surface area contributed by atoms with E-state index in [0.717, 1.165) is 47.5 Å². The highest BCUT2D eigenvalue weighted by Crippen LogP contribution is 2.30. The summed E-state index contributed by atoms with van der Waals surface area (Å²) in [5.41, 5.74) is 3.87. The van der Waals surface area contributed by atoms with Gasteiger partial charge in [0.2, 0.25) is 11.9 Å². The molecule has 0 aliphatic carbocycles. The zero-order valence-corrected chi connectivity index (χ0v) is 23.7.